The molecule has 152 valence electrons. The van der Waals surface area contributed by atoms with E-state index in [-0.39, 0.29) is 5.56 Å². The molecule has 9 heteroatoms. The smallest absolute Gasteiger partial charge is 0.266 e. The van der Waals surface area contributed by atoms with Crippen molar-refractivity contribution in [2.24, 2.45) is 5.92 Å². The van der Waals surface area contributed by atoms with Gasteiger partial charge in [0.2, 0.25) is 0 Å². The minimum atomic E-state index is -0.0692. The van der Waals surface area contributed by atoms with Crippen molar-refractivity contribution in [2.45, 2.75) is 51.7 Å². The Morgan fingerprint density at radius 3 is 2.83 bits per heavy atom. The summed E-state index contributed by atoms with van der Waals surface area (Å²) >= 11 is 0. The number of piperidine rings is 1. The second-order valence-electron chi connectivity index (χ2n) is 8.05. The fourth-order valence-electron chi connectivity index (χ4n) is 4.42. The van der Waals surface area contributed by atoms with Gasteiger partial charge in [-0.3, -0.25) is 9.69 Å². The van der Waals surface area contributed by atoms with Crippen molar-refractivity contribution in [3.63, 3.8) is 0 Å². The molecule has 5 rings (SSSR count). The number of aromatic nitrogens is 7. The molecule has 0 saturated carbocycles. The highest BCUT2D eigenvalue weighted by molar-refractivity contribution is 5.16. The maximum atomic E-state index is 12.3. The molecule has 2 aliphatic rings. The fraction of sp³-hybridized carbons (Fsp3) is 0.550. The summed E-state index contributed by atoms with van der Waals surface area (Å²) in [4.78, 5) is 23.4. The van der Waals surface area contributed by atoms with E-state index in [1.807, 2.05) is 0 Å². The molecular formula is C20H26N8O. The molecule has 0 atom stereocenters. The van der Waals surface area contributed by atoms with E-state index in [1.54, 1.807) is 27.8 Å². The second-order valence-corrected chi connectivity index (χ2v) is 8.05. The summed E-state index contributed by atoms with van der Waals surface area (Å²) in [5, 5.41) is 8.57. The number of imidazole rings is 1. The number of rotatable bonds is 5. The topological polar surface area (TPSA) is 86.7 Å². The lowest BCUT2D eigenvalue weighted by atomic mass is 9.97. The third kappa shape index (κ3) is 3.87. The molecule has 0 radical (unpaired) electrons. The monoisotopic (exact) mass is 394 g/mol. The van der Waals surface area contributed by atoms with E-state index in [0.29, 0.717) is 18.3 Å². The molecule has 5 heterocycles. The van der Waals surface area contributed by atoms with Crippen LogP contribution in [0.5, 0.6) is 0 Å². The van der Waals surface area contributed by atoms with Crippen LogP contribution in [0.25, 0.3) is 5.82 Å². The summed E-state index contributed by atoms with van der Waals surface area (Å²) in [5.41, 5.74) is 1.32. The Hall–Kier alpha value is -2.81. The Kier molecular flexibility index (Phi) is 4.97. The third-order valence-corrected chi connectivity index (χ3v) is 6.09. The van der Waals surface area contributed by atoms with Crippen LogP contribution < -0.4 is 5.56 Å². The molecule has 0 aliphatic carbocycles. The van der Waals surface area contributed by atoms with Gasteiger partial charge in [0.15, 0.2) is 5.82 Å². The minimum Gasteiger partial charge on any atom is -0.331 e. The van der Waals surface area contributed by atoms with Crippen LogP contribution in [-0.2, 0) is 26.1 Å². The first kappa shape index (κ1) is 18.2. The van der Waals surface area contributed by atoms with E-state index in [2.05, 4.69) is 35.8 Å². The van der Waals surface area contributed by atoms with E-state index in [0.717, 1.165) is 45.4 Å². The van der Waals surface area contributed by atoms with Crippen molar-refractivity contribution >= 4 is 0 Å². The van der Waals surface area contributed by atoms with Crippen LogP contribution in [0, 0.1) is 5.92 Å². The van der Waals surface area contributed by atoms with Gasteiger partial charge in [-0.1, -0.05) is 0 Å². The molecule has 29 heavy (non-hydrogen) atoms. The van der Waals surface area contributed by atoms with Crippen LogP contribution in [0.2, 0.25) is 0 Å². The van der Waals surface area contributed by atoms with E-state index >= 15 is 0 Å². The largest absolute Gasteiger partial charge is 0.331 e. The summed E-state index contributed by atoms with van der Waals surface area (Å²) in [6, 6.07) is 3.24. The Balaban J connectivity index is 1.20. The van der Waals surface area contributed by atoms with Gasteiger partial charge >= 0.3 is 0 Å². The van der Waals surface area contributed by atoms with Gasteiger partial charge in [0, 0.05) is 31.0 Å². The number of likely N-dealkylation sites (tertiary alicyclic amines) is 1. The molecule has 0 aromatic carbocycles. The maximum absolute atomic E-state index is 12.3. The Morgan fingerprint density at radius 2 is 2.00 bits per heavy atom. The first-order valence-electron chi connectivity index (χ1n) is 10.4. The second kappa shape index (κ2) is 7.90. The lowest BCUT2D eigenvalue weighted by Gasteiger charge is -2.32. The van der Waals surface area contributed by atoms with Gasteiger partial charge in [0.1, 0.15) is 18.5 Å². The van der Waals surface area contributed by atoms with Crippen molar-refractivity contribution in [3.05, 3.63) is 52.9 Å². The van der Waals surface area contributed by atoms with E-state index in [9.17, 15) is 4.79 Å². The first-order valence-corrected chi connectivity index (χ1v) is 10.4. The highest BCUT2D eigenvalue weighted by Crippen LogP contribution is 2.22. The molecule has 0 N–H and O–H groups in total. The fourth-order valence-corrected chi connectivity index (χ4v) is 4.42. The van der Waals surface area contributed by atoms with Crippen LogP contribution in [0.4, 0.5) is 0 Å². The number of aryl methyl sites for hydroxylation is 1. The van der Waals surface area contributed by atoms with Gasteiger partial charge in [-0.05, 0) is 57.2 Å². The van der Waals surface area contributed by atoms with Crippen LogP contribution in [0.1, 0.15) is 37.2 Å². The number of hydrogen-bond acceptors (Lipinski definition) is 6. The molecule has 1 fully saturated rings. The van der Waals surface area contributed by atoms with Crippen molar-refractivity contribution in [2.75, 3.05) is 13.1 Å². The summed E-state index contributed by atoms with van der Waals surface area (Å²) < 4.78 is 5.56. The number of nitrogens with zero attached hydrogens (tertiary/aromatic N) is 8. The van der Waals surface area contributed by atoms with E-state index < -0.39 is 0 Å². The zero-order valence-electron chi connectivity index (χ0n) is 16.5. The van der Waals surface area contributed by atoms with Crippen LogP contribution >= 0.6 is 0 Å². The van der Waals surface area contributed by atoms with Crippen LogP contribution in [0.3, 0.4) is 0 Å². The minimum absolute atomic E-state index is 0.0692. The summed E-state index contributed by atoms with van der Waals surface area (Å²) in [6.07, 6.45) is 10.9. The summed E-state index contributed by atoms with van der Waals surface area (Å²) in [7, 11) is 0. The highest BCUT2D eigenvalue weighted by atomic mass is 16.1. The van der Waals surface area contributed by atoms with Gasteiger partial charge < -0.3 is 4.57 Å². The highest BCUT2D eigenvalue weighted by Gasteiger charge is 2.23. The van der Waals surface area contributed by atoms with Crippen molar-refractivity contribution in [3.8, 4) is 5.82 Å². The SMILES string of the molecule is O=c1ccc(-n2cncn2)nn1CC1CCN(Cc2ncc3n2CCCC3)CC1. The molecular weight excluding hydrogens is 368 g/mol. The van der Waals surface area contributed by atoms with E-state index in [4.69, 9.17) is 0 Å². The third-order valence-electron chi connectivity index (χ3n) is 6.09. The number of hydrogen-bond donors (Lipinski definition) is 0. The summed E-state index contributed by atoms with van der Waals surface area (Å²) in [5.74, 6) is 2.27. The predicted molar refractivity (Wildman–Crippen MR) is 107 cm³/mol. The quantitative estimate of drug-likeness (QED) is 0.648. The van der Waals surface area contributed by atoms with Gasteiger partial charge in [0.05, 0.1) is 6.54 Å². The van der Waals surface area contributed by atoms with Gasteiger partial charge in [-0.25, -0.2) is 19.3 Å². The normalized spacial score (nSPS) is 18.1. The van der Waals surface area contributed by atoms with Crippen LogP contribution in [0.15, 0.2) is 35.8 Å². The first-order chi connectivity index (χ1) is 14.3. The molecule has 0 spiro atoms. The van der Waals surface area contributed by atoms with Crippen molar-refractivity contribution in [1.29, 1.82) is 0 Å². The van der Waals surface area contributed by atoms with Crippen molar-refractivity contribution in [1.82, 2.24) is 39.0 Å². The van der Waals surface area contributed by atoms with Crippen LogP contribution in [-0.4, -0.2) is 52.1 Å². The molecule has 0 bridgehead atoms. The maximum Gasteiger partial charge on any atom is 0.266 e. The number of fused-ring (bicyclic) bond motifs is 1. The van der Waals surface area contributed by atoms with Gasteiger partial charge in [-0.15, -0.1) is 5.10 Å². The molecule has 1 saturated heterocycles. The average Bonchev–Trinajstić information content (AvgIpc) is 3.42. The van der Waals surface area contributed by atoms with Gasteiger partial charge in [0.25, 0.3) is 5.56 Å². The average molecular weight is 394 g/mol. The van der Waals surface area contributed by atoms with Crippen molar-refractivity contribution < 1.29 is 0 Å². The predicted octanol–water partition coefficient (Wildman–Crippen LogP) is 1.27. The standard InChI is InChI=1S/C20H26N8O/c29-20-5-4-18(28-15-21-14-23-28)24-27(20)12-16-6-9-25(10-7-16)13-19-22-11-17-3-1-2-8-26(17)19/h4-5,11,14-16H,1-3,6-10,12-13H2. The zero-order chi connectivity index (χ0) is 19.6. The Morgan fingerprint density at radius 1 is 1.10 bits per heavy atom. The lowest BCUT2D eigenvalue weighted by Crippen LogP contribution is -2.37. The lowest BCUT2D eigenvalue weighted by molar-refractivity contribution is 0.158. The molecule has 0 amide bonds. The molecule has 3 aromatic heterocycles. The van der Waals surface area contributed by atoms with E-state index in [1.165, 1.54) is 30.7 Å². The molecule has 3 aromatic rings. The summed E-state index contributed by atoms with van der Waals surface area (Å²) in [6.45, 7) is 4.74. The molecule has 2 aliphatic heterocycles. The molecule has 9 nitrogen and oxygen atoms in total. The Bertz CT molecular complexity index is 1010. The van der Waals surface area contributed by atoms with Gasteiger partial charge in [-0.2, -0.15) is 5.10 Å². The Labute approximate surface area is 169 Å². The molecule has 0 unspecified atom stereocenters. The zero-order valence-corrected chi connectivity index (χ0v) is 16.5.